The number of rotatable bonds is 4. The van der Waals surface area contributed by atoms with Gasteiger partial charge in [0.1, 0.15) is 5.82 Å². The molecule has 1 heterocycles. The van der Waals surface area contributed by atoms with Gasteiger partial charge in [0, 0.05) is 6.20 Å². The number of nitrogens with zero attached hydrogens (tertiary/aromatic N) is 1. The van der Waals surface area contributed by atoms with E-state index in [0.717, 1.165) is 0 Å². The van der Waals surface area contributed by atoms with Crippen LogP contribution < -0.4 is 10.1 Å². The molecule has 0 saturated carbocycles. The van der Waals surface area contributed by atoms with Gasteiger partial charge in [-0.1, -0.05) is 35.3 Å². The van der Waals surface area contributed by atoms with Crippen molar-refractivity contribution in [3.8, 4) is 5.75 Å². The zero-order valence-corrected chi connectivity index (χ0v) is 11.3. The van der Waals surface area contributed by atoms with Crippen LogP contribution in [-0.2, 0) is 4.79 Å². The van der Waals surface area contributed by atoms with E-state index in [0.29, 0.717) is 21.6 Å². The van der Waals surface area contributed by atoms with Crippen LogP contribution in [0.15, 0.2) is 42.6 Å². The topological polar surface area (TPSA) is 51.2 Å². The maximum atomic E-state index is 11.6. The first-order chi connectivity index (χ1) is 9.16. The molecule has 6 heteroatoms. The Balaban J connectivity index is 1.94. The third-order valence-corrected chi connectivity index (χ3v) is 2.79. The molecule has 0 aliphatic heterocycles. The highest BCUT2D eigenvalue weighted by Gasteiger charge is 2.09. The third kappa shape index (κ3) is 3.84. The number of halogens is 2. The van der Waals surface area contributed by atoms with Crippen molar-refractivity contribution in [1.29, 1.82) is 0 Å². The number of pyridine rings is 1. The molecule has 0 saturated heterocycles. The lowest BCUT2D eigenvalue weighted by molar-refractivity contribution is -0.118. The monoisotopic (exact) mass is 296 g/mol. The van der Waals surface area contributed by atoms with Gasteiger partial charge >= 0.3 is 0 Å². The minimum absolute atomic E-state index is 0.194. The van der Waals surface area contributed by atoms with Crippen LogP contribution in [0.1, 0.15) is 0 Å². The van der Waals surface area contributed by atoms with Crippen LogP contribution in [0.4, 0.5) is 5.82 Å². The van der Waals surface area contributed by atoms with Crippen LogP contribution in [0.5, 0.6) is 5.75 Å². The van der Waals surface area contributed by atoms with Crippen molar-refractivity contribution < 1.29 is 9.53 Å². The predicted octanol–water partition coefficient (Wildman–Crippen LogP) is 3.41. The van der Waals surface area contributed by atoms with E-state index in [9.17, 15) is 4.79 Å². The molecule has 2 aromatic rings. The number of para-hydroxylation sites is 1. The van der Waals surface area contributed by atoms with Gasteiger partial charge in [0.25, 0.3) is 5.91 Å². The summed E-state index contributed by atoms with van der Waals surface area (Å²) >= 11 is 11.8. The Labute approximate surface area is 120 Å². The van der Waals surface area contributed by atoms with Gasteiger partial charge in [-0.25, -0.2) is 4.98 Å². The van der Waals surface area contributed by atoms with Gasteiger partial charge in [0.15, 0.2) is 12.4 Å². The Hall–Kier alpha value is -1.78. The number of nitrogens with one attached hydrogen (secondary N) is 1. The first kappa shape index (κ1) is 13.6. The highest BCUT2D eigenvalue weighted by molar-refractivity contribution is 6.37. The van der Waals surface area contributed by atoms with Crippen LogP contribution in [0, 0.1) is 0 Å². The number of carbonyl (C=O) groups excluding carboxylic acids is 1. The third-order valence-electron chi connectivity index (χ3n) is 2.20. The minimum atomic E-state index is -0.338. The van der Waals surface area contributed by atoms with Crippen LogP contribution in [-0.4, -0.2) is 17.5 Å². The second kappa shape index (κ2) is 6.41. The molecule has 4 nitrogen and oxygen atoms in total. The number of carbonyl (C=O) groups is 1. The predicted molar refractivity (Wildman–Crippen MR) is 74.8 cm³/mol. The molecule has 1 N–H and O–H groups in total. The Kier molecular flexibility index (Phi) is 4.60. The number of ether oxygens (including phenoxy) is 1. The molecule has 0 unspecified atom stereocenters. The van der Waals surface area contributed by atoms with E-state index in [1.807, 2.05) is 0 Å². The van der Waals surface area contributed by atoms with Crippen molar-refractivity contribution in [1.82, 2.24) is 4.98 Å². The van der Waals surface area contributed by atoms with Crippen molar-refractivity contribution in [2.45, 2.75) is 0 Å². The normalized spacial score (nSPS) is 10.0. The van der Waals surface area contributed by atoms with Crippen molar-refractivity contribution in [2.75, 3.05) is 11.9 Å². The fraction of sp³-hybridized carbons (Fsp3) is 0.0769. The summed E-state index contributed by atoms with van der Waals surface area (Å²) in [4.78, 5) is 15.6. The minimum Gasteiger partial charge on any atom is -0.481 e. The summed E-state index contributed by atoms with van der Waals surface area (Å²) in [6.07, 6.45) is 1.58. The molecule has 19 heavy (non-hydrogen) atoms. The zero-order chi connectivity index (χ0) is 13.7. The van der Waals surface area contributed by atoms with Gasteiger partial charge in [-0.3, -0.25) is 4.79 Å². The van der Waals surface area contributed by atoms with Crippen LogP contribution in [0.3, 0.4) is 0 Å². The Morgan fingerprint density at radius 1 is 1.16 bits per heavy atom. The number of aromatic nitrogens is 1. The molecule has 0 fully saturated rings. The van der Waals surface area contributed by atoms with E-state index in [1.165, 1.54) is 0 Å². The lowest BCUT2D eigenvalue weighted by Crippen LogP contribution is -2.20. The highest BCUT2D eigenvalue weighted by Crippen LogP contribution is 2.32. The zero-order valence-electron chi connectivity index (χ0n) is 9.77. The van der Waals surface area contributed by atoms with E-state index >= 15 is 0 Å². The summed E-state index contributed by atoms with van der Waals surface area (Å²) < 4.78 is 5.30. The van der Waals surface area contributed by atoms with Gasteiger partial charge in [-0.2, -0.15) is 0 Å². The molecular formula is C13H10Cl2N2O2. The lowest BCUT2D eigenvalue weighted by atomic mass is 10.3. The molecule has 1 aromatic carbocycles. The van der Waals surface area contributed by atoms with Gasteiger partial charge in [0.05, 0.1) is 10.0 Å². The summed E-state index contributed by atoms with van der Waals surface area (Å²) in [5.41, 5.74) is 0. The number of anilines is 1. The van der Waals surface area contributed by atoms with Crippen LogP contribution in [0.2, 0.25) is 10.0 Å². The summed E-state index contributed by atoms with van der Waals surface area (Å²) in [6.45, 7) is -0.194. The largest absolute Gasteiger partial charge is 0.481 e. The van der Waals surface area contributed by atoms with Crippen molar-refractivity contribution in [2.24, 2.45) is 0 Å². The van der Waals surface area contributed by atoms with Gasteiger partial charge < -0.3 is 10.1 Å². The average Bonchev–Trinajstić information content (AvgIpc) is 2.39. The van der Waals surface area contributed by atoms with Crippen LogP contribution >= 0.6 is 23.2 Å². The molecule has 98 valence electrons. The van der Waals surface area contributed by atoms with Gasteiger partial charge in [-0.05, 0) is 24.3 Å². The standard InChI is InChI=1S/C13H10Cl2N2O2/c14-9-4-3-5-10(15)13(9)19-8-12(18)17-11-6-1-2-7-16-11/h1-7H,8H2,(H,16,17,18). The summed E-state index contributed by atoms with van der Waals surface area (Å²) in [5.74, 6) is 0.415. The smallest absolute Gasteiger partial charge is 0.263 e. The van der Waals surface area contributed by atoms with Crippen molar-refractivity contribution in [3.05, 3.63) is 52.6 Å². The van der Waals surface area contributed by atoms with Gasteiger partial charge in [-0.15, -0.1) is 0 Å². The highest BCUT2D eigenvalue weighted by atomic mass is 35.5. The Bertz CT molecular complexity index is 556. The quantitative estimate of drug-likeness (QED) is 0.941. The molecule has 0 bridgehead atoms. The summed E-state index contributed by atoms with van der Waals surface area (Å²) in [6, 6.07) is 10.2. The Morgan fingerprint density at radius 3 is 2.53 bits per heavy atom. The molecule has 1 aromatic heterocycles. The molecule has 1 amide bonds. The number of hydrogen-bond acceptors (Lipinski definition) is 3. The van der Waals surface area contributed by atoms with Gasteiger partial charge in [0.2, 0.25) is 0 Å². The number of amides is 1. The number of hydrogen-bond donors (Lipinski definition) is 1. The Morgan fingerprint density at radius 2 is 1.89 bits per heavy atom. The van der Waals surface area contributed by atoms with Crippen molar-refractivity contribution >= 4 is 34.9 Å². The SMILES string of the molecule is O=C(COc1c(Cl)cccc1Cl)Nc1ccccn1. The van der Waals surface area contributed by atoms with E-state index in [2.05, 4.69) is 10.3 Å². The second-order valence-corrected chi connectivity index (χ2v) is 4.42. The first-order valence-electron chi connectivity index (χ1n) is 5.44. The average molecular weight is 297 g/mol. The molecule has 2 rings (SSSR count). The fourth-order valence-corrected chi connectivity index (χ4v) is 1.88. The molecule has 0 aliphatic rings. The van der Waals surface area contributed by atoms with E-state index < -0.39 is 0 Å². The summed E-state index contributed by atoms with van der Waals surface area (Å²) in [7, 11) is 0. The van der Waals surface area contributed by atoms with E-state index in [-0.39, 0.29) is 12.5 Å². The maximum absolute atomic E-state index is 11.6. The van der Waals surface area contributed by atoms with Crippen LogP contribution in [0.25, 0.3) is 0 Å². The second-order valence-electron chi connectivity index (χ2n) is 3.60. The van der Waals surface area contributed by atoms with E-state index in [1.54, 1.807) is 42.6 Å². The molecule has 0 spiro atoms. The lowest BCUT2D eigenvalue weighted by Gasteiger charge is -2.09. The maximum Gasteiger partial charge on any atom is 0.263 e. The molecule has 0 aliphatic carbocycles. The fourth-order valence-electron chi connectivity index (χ4n) is 1.37. The van der Waals surface area contributed by atoms with E-state index in [4.69, 9.17) is 27.9 Å². The first-order valence-corrected chi connectivity index (χ1v) is 6.20. The molecular weight excluding hydrogens is 287 g/mol. The number of benzene rings is 1. The van der Waals surface area contributed by atoms with Crippen molar-refractivity contribution in [3.63, 3.8) is 0 Å². The molecule has 0 atom stereocenters. The summed E-state index contributed by atoms with van der Waals surface area (Å²) in [5, 5.41) is 3.31. The molecule has 0 radical (unpaired) electrons.